The minimum Gasteiger partial charge on any atom is -0.480 e. The normalized spacial score (nSPS) is 22.4. The van der Waals surface area contributed by atoms with Crippen LogP contribution in [0.2, 0.25) is 5.02 Å². The van der Waals surface area contributed by atoms with Crippen molar-refractivity contribution >= 4 is 29.3 Å². The highest BCUT2D eigenvalue weighted by atomic mass is 35.5. The van der Waals surface area contributed by atoms with Crippen molar-refractivity contribution in [2.45, 2.75) is 25.8 Å². The molecule has 0 bridgehead atoms. The van der Waals surface area contributed by atoms with E-state index in [0.717, 1.165) is 6.42 Å². The predicted molar refractivity (Wildman–Crippen MR) is 77.0 cm³/mol. The molecule has 20 heavy (non-hydrogen) atoms. The highest BCUT2D eigenvalue weighted by Gasteiger charge is 2.34. The smallest absolute Gasteiger partial charge is 0.326 e. The van der Waals surface area contributed by atoms with E-state index in [1.54, 1.807) is 24.3 Å². The maximum absolute atomic E-state index is 12.2. The van der Waals surface area contributed by atoms with Crippen LogP contribution >= 0.6 is 11.6 Å². The van der Waals surface area contributed by atoms with Gasteiger partial charge >= 0.3 is 12.0 Å². The molecule has 0 spiro atoms. The zero-order valence-electron chi connectivity index (χ0n) is 11.2. The molecule has 1 aliphatic rings. The van der Waals surface area contributed by atoms with Crippen molar-refractivity contribution in [2.75, 3.05) is 11.9 Å². The van der Waals surface area contributed by atoms with Crippen LogP contribution in [0.25, 0.3) is 0 Å². The Morgan fingerprint density at radius 2 is 2.10 bits per heavy atom. The number of hydrogen-bond acceptors (Lipinski definition) is 2. The summed E-state index contributed by atoms with van der Waals surface area (Å²) in [4.78, 5) is 24.9. The first kappa shape index (κ1) is 14.7. The number of carboxylic acids is 1. The third-order valence-corrected chi connectivity index (χ3v) is 3.86. The van der Waals surface area contributed by atoms with E-state index in [9.17, 15) is 14.7 Å². The van der Waals surface area contributed by atoms with Gasteiger partial charge in [0.25, 0.3) is 0 Å². The number of para-hydroxylation sites is 1. The summed E-state index contributed by atoms with van der Waals surface area (Å²) in [5.74, 6) is -0.661. The van der Waals surface area contributed by atoms with E-state index >= 15 is 0 Å². The van der Waals surface area contributed by atoms with Gasteiger partial charge < -0.3 is 15.3 Å². The van der Waals surface area contributed by atoms with Gasteiger partial charge in [-0.15, -0.1) is 0 Å². The maximum Gasteiger partial charge on any atom is 0.326 e. The molecule has 1 aromatic carbocycles. The molecule has 2 rings (SSSR count). The van der Waals surface area contributed by atoms with Crippen molar-refractivity contribution < 1.29 is 14.7 Å². The van der Waals surface area contributed by atoms with E-state index in [4.69, 9.17) is 11.6 Å². The Morgan fingerprint density at radius 3 is 2.75 bits per heavy atom. The van der Waals surface area contributed by atoms with Crippen LogP contribution in [0, 0.1) is 5.92 Å². The molecule has 0 aromatic heterocycles. The van der Waals surface area contributed by atoms with Gasteiger partial charge in [-0.05, 0) is 30.9 Å². The van der Waals surface area contributed by atoms with E-state index in [1.165, 1.54) is 4.90 Å². The van der Waals surface area contributed by atoms with Gasteiger partial charge in [-0.2, -0.15) is 0 Å². The molecule has 1 aliphatic heterocycles. The summed E-state index contributed by atoms with van der Waals surface area (Å²) in [6.07, 6.45) is 1.28. The van der Waals surface area contributed by atoms with Crippen LogP contribution in [0.15, 0.2) is 24.3 Å². The number of amides is 2. The summed E-state index contributed by atoms with van der Waals surface area (Å²) >= 11 is 5.98. The average Bonchev–Trinajstić information content (AvgIpc) is 2.41. The van der Waals surface area contributed by atoms with Gasteiger partial charge in [0.2, 0.25) is 0 Å². The van der Waals surface area contributed by atoms with E-state index in [1.807, 2.05) is 6.92 Å². The molecule has 1 aromatic rings. The molecule has 108 valence electrons. The maximum atomic E-state index is 12.2. The molecule has 6 heteroatoms. The molecule has 2 N–H and O–H groups in total. The average molecular weight is 297 g/mol. The van der Waals surface area contributed by atoms with Crippen LogP contribution in [0.1, 0.15) is 19.8 Å². The van der Waals surface area contributed by atoms with E-state index in [-0.39, 0.29) is 0 Å². The number of halogens is 1. The number of hydrogen-bond donors (Lipinski definition) is 2. The van der Waals surface area contributed by atoms with Crippen molar-refractivity contribution in [1.82, 2.24) is 4.90 Å². The molecule has 5 nitrogen and oxygen atoms in total. The fourth-order valence-corrected chi connectivity index (χ4v) is 2.55. The molecule has 1 fully saturated rings. The Labute approximate surface area is 122 Å². The second-order valence-electron chi connectivity index (χ2n) is 5.09. The molecule has 0 saturated carbocycles. The van der Waals surface area contributed by atoms with Crippen LogP contribution in [-0.2, 0) is 4.79 Å². The summed E-state index contributed by atoms with van der Waals surface area (Å²) in [5.41, 5.74) is 0.488. The largest absolute Gasteiger partial charge is 0.480 e. The Balaban J connectivity index is 2.11. The first-order chi connectivity index (χ1) is 9.49. The highest BCUT2D eigenvalue weighted by Crippen LogP contribution is 2.25. The number of aliphatic carboxylic acids is 1. The van der Waals surface area contributed by atoms with Gasteiger partial charge in [-0.3, -0.25) is 0 Å². The Bertz CT molecular complexity index is 521. The number of carbonyl (C=O) groups excluding carboxylic acids is 1. The monoisotopic (exact) mass is 296 g/mol. The number of nitrogens with one attached hydrogen (secondary N) is 1. The van der Waals surface area contributed by atoms with Gasteiger partial charge in [-0.1, -0.05) is 30.7 Å². The van der Waals surface area contributed by atoms with Crippen LogP contribution in [0.3, 0.4) is 0 Å². The van der Waals surface area contributed by atoms with Crippen LogP contribution in [0.5, 0.6) is 0 Å². The van der Waals surface area contributed by atoms with Crippen molar-refractivity contribution in [1.29, 1.82) is 0 Å². The number of anilines is 1. The third-order valence-electron chi connectivity index (χ3n) is 3.53. The second kappa shape index (κ2) is 6.13. The minimum atomic E-state index is -0.967. The Kier molecular flexibility index (Phi) is 4.49. The van der Waals surface area contributed by atoms with E-state index in [0.29, 0.717) is 29.6 Å². The number of nitrogens with zero attached hydrogens (tertiary/aromatic N) is 1. The van der Waals surface area contributed by atoms with Crippen molar-refractivity contribution in [3.8, 4) is 0 Å². The van der Waals surface area contributed by atoms with Crippen LogP contribution < -0.4 is 5.32 Å². The quantitative estimate of drug-likeness (QED) is 0.881. The van der Waals surface area contributed by atoms with Crippen molar-refractivity contribution in [3.63, 3.8) is 0 Å². The number of carboxylic acid groups (broad SMARTS) is 1. The molecule has 2 amide bonds. The number of carbonyl (C=O) groups is 2. The van der Waals surface area contributed by atoms with Gasteiger partial charge in [-0.25, -0.2) is 9.59 Å². The fourth-order valence-electron chi connectivity index (χ4n) is 2.37. The lowest BCUT2D eigenvalue weighted by Gasteiger charge is -2.35. The molecule has 1 heterocycles. The summed E-state index contributed by atoms with van der Waals surface area (Å²) in [7, 11) is 0. The second-order valence-corrected chi connectivity index (χ2v) is 5.49. The van der Waals surface area contributed by atoms with Gasteiger partial charge in [0, 0.05) is 6.54 Å². The number of piperidine rings is 1. The van der Waals surface area contributed by atoms with Crippen LogP contribution in [-0.4, -0.2) is 34.6 Å². The lowest BCUT2D eigenvalue weighted by molar-refractivity contribution is -0.143. The van der Waals surface area contributed by atoms with Crippen molar-refractivity contribution in [3.05, 3.63) is 29.3 Å². The first-order valence-electron chi connectivity index (χ1n) is 6.54. The van der Waals surface area contributed by atoms with Gasteiger partial charge in [0.05, 0.1) is 10.7 Å². The highest BCUT2D eigenvalue weighted by molar-refractivity contribution is 6.33. The predicted octanol–water partition coefficient (Wildman–Crippen LogP) is 3.06. The number of urea groups is 1. The van der Waals surface area contributed by atoms with E-state index in [2.05, 4.69) is 5.32 Å². The lowest BCUT2D eigenvalue weighted by Crippen LogP contribution is -2.51. The molecular formula is C14H17ClN2O3. The van der Waals surface area contributed by atoms with Gasteiger partial charge in [0.15, 0.2) is 0 Å². The van der Waals surface area contributed by atoms with Gasteiger partial charge in [0.1, 0.15) is 6.04 Å². The SMILES string of the molecule is CC1CCN(C(=O)Nc2ccccc2Cl)C(C(=O)O)C1. The molecule has 2 atom stereocenters. The molecule has 0 aliphatic carbocycles. The summed E-state index contributed by atoms with van der Waals surface area (Å²) in [6.45, 7) is 2.44. The summed E-state index contributed by atoms with van der Waals surface area (Å²) < 4.78 is 0. The topological polar surface area (TPSA) is 69.6 Å². The summed E-state index contributed by atoms with van der Waals surface area (Å²) in [5, 5.41) is 12.3. The molecular weight excluding hydrogens is 280 g/mol. The Hall–Kier alpha value is -1.75. The molecule has 1 saturated heterocycles. The first-order valence-corrected chi connectivity index (χ1v) is 6.91. The third kappa shape index (κ3) is 3.22. The fraction of sp³-hybridized carbons (Fsp3) is 0.429. The minimum absolute atomic E-state index is 0.306. The van der Waals surface area contributed by atoms with Crippen molar-refractivity contribution in [2.24, 2.45) is 5.92 Å². The Morgan fingerprint density at radius 1 is 1.40 bits per heavy atom. The summed E-state index contributed by atoms with van der Waals surface area (Å²) in [6, 6.07) is 5.68. The van der Waals surface area contributed by atoms with E-state index < -0.39 is 18.0 Å². The molecule has 2 unspecified atom stereocenters. The number of likely N-dealkylation sites (tertiary alicyclic amines) is 1. The number of rotatable bonds is 2. The standard InChI is InChI=1S/C14H17ClN2O3/c1-9-6-7-17(12(8-9)13(18)19)14(20)16-11-5-3-2-4-10(11)15/h2-5,9,12H,6-8H2,1H3,(H,16,20)(H,18,19). The zero-order chi connectivity index (χ0) is 14.7. The number of benzene rings is 1. The van der Waals surface area contributed by atoms with Crippen LogP contribution in [0.4, 0.5) is 10.5 Å². The zero-order valence-corrected chi connectivity index (χ0v) is 11.9. The lowest BCUT2D eigenvalue weighted by atomic mass is 9.93. The molecule has 0 radical (unpaired) electrons.